The van der Waals surface area contributed by atoms with E-state index in [1.165, 1.54) is 0 Å². The van der Waals surface area contributed by atoms with Crippen LogP contribution in [-0.4, -0.2) is 40.8 Å². The molecular formula is C17H22F3N5O2. The van der Waals surface area contributed by atoms with E-state index in [0.29, 0.717) is 24.2 Å². The van der Waals surface area contributed by atoms with E-state index >= 15 is 0 Å². The molecule has 1 aliphatic rings. The Bertz CT molecular complexity index is 757. The zero-order valence-corrected chi connectivity index (χ0v) is 15.2. The molecule has 1 fully saturated rings. The van der Waals surface area contributed by atoms with Crippen molar-refractivity contribution in [1.82, 2.24) is 15.0 Å². The van der Waals surface area contributed by atoms with Crippen LogP contribution in [0.2, 0.25) is 0 Å². The molecule has 1 N–H and O–H groups in total. The monoisotopic (exact) mass is 385 g/mol. The molecule has 1 saturated heterocycles. The standard InChI is InChI=1S/C17H22F3N5O2/c1-11-5-7-25(8-6-11)15-22-14(21-9-13-4-3-12(2)27-13)23-16(24-15)26-10-17(18,19)20/h3-4,11H,5-10H2,1-2H3,(H,21,22,23,24). The van der Waals surface area contributed by atoms with Gasteiger partial charge in [-0.2, -0.15) is 28.1 Å². The van der Waals surface area contributed by atoms with Crippen LogP contribution in [0.25, 0.3) is 0 Å². The lowest BCUT2D eigenvalue weighted by Crippen LogP contribution is -2.34. The minimum atomic E-state index is -4.47. The predicted octanol–water partition coefficient (Wildman–Crippen LogP) is 3.56. The van der Waals surface area contributed by atoms with Gasteiger partial charge in [0.15, 0.2) is 6.61 Å². The van der Waals surface area contributed by atoms with Crippen LogP contribution in [0, 0.1) is 12.8 Å². The van der Waals surface area contributed by atoms with Crippen LogP contribution < -0.4 is 15.0 Å². The molecule has 0 amide bonds. The molecule has 0 spiro atoms. The van der Waals surface area contributed by atoms with Crippen molar-refractivity contribution in [3.63, 3.8) is 0 Å². The van der Waals surface area contributed by atoms with Gasteiger partial charge in [0.25, 0.3) is 0 Å². The molecule has 7 nitrogen and oxygen atoms in total. The molecule has 10 heteroatoms. The summed E-state index contributed by atoms with van der Waals surface area (Å²) in [5, 5.41) is 2.96. The number of ether oxygens (including phenoxy) is 1. The Kier molecular flexibility index (Phi) is 5.71. The first-order valence-corrected chi connectivity index (χ1v) is 8.78. The van der Waals surface area contributed by atoms with Gasteiger partial charge in [0.05, 0.1) is 6.54 Å². The second kappa shape index (κ2) is 8.01. The SMILES string of the molecule is Cc1ccc(CNc2nc(OCC(F)(F)F)nc(N3CCC(C)CC3)n2)o1. The van der Waals surface area contributed by atoms with Crippen LogP contribution in [0.4, 0.5) is 25.1 Å². The molecule has 0 aliphatic carbocycles. The number of piperidine rings is 1. The molecule has 0 radical (unpaired) electrons. The van der Waals surface area contributed by atoms with E-state index in [1.807, 2.05) is 17.9 Å². The van der Waals surface area contributed by atoms with Gasteiger partial charge in [-0.05, 0) is 37.8 Å². The highest BCUT2D eigenvalue weighted by molar-refractivity contribution is 5.39. The van der Waals surface area contributed by atoms with Crippen molar-refractivity contribution in [2.24, 2.45) is 5.92 Å². The van der Waals surface area contributed by atoms with Gasteiger partial charge in [-0.25, -0.2) is 0 Å². The van der Waals surface area contributed by atoms with Crippen LogP contribution in [0.1, 0.15) is 31.3 Å². The Hall–Kier alpha value is -2.52. The Labute approximate surface area is 155 Å². The fourth-order valence-electron chi connectivity index (χ4n) is 2.73. The van der Waals surface area contributed by atoms with Crippen molar-refractivity contribution in [3.05, 3.63) is 23.7 Å². The minimum absolute atomic E-state index is 0.143. The number of hydrogen-bond acceptors (Lipinski definition) is 7. The van der Waals surface area contributed by atoms with E-state index in [1.54, 1.807) is 6.07 Å². The first kappa shape index (κ1) is 19.2. The lowest BCUT2D eigenvalue weighted by atomic mass is 10.00. The zero-order valence-electron chi connectivity index (χ0n) is 15.2. The second-order valence-electron chi connectivity index (χ2n) is 6.68. The van der Waals surface area contributed by atoms with Crippen molar-refractivity contribution < 1.29 is 22.3 Å². The number of rotatable bonds is 6. The fourth-order valence-corrected chi connectivity index (χ4v) is 2.73. The van der Waals surface area contributed by atoms with Gasteiger partial charge in [0, 0.05) is 13.1 Å². The molecule has 0 aromatic carbocycles. The third-order valence-corrected chi connectivity index (χ3v) is 4.25. The average Bonchev–Trinajstić information content (AvgIpc) is 3.03. The lowest BCUT2D eigenvalue weighted by molar-refractivity contribution is -0.154. The smallest absolute Gasteiger partial charge is 0.422 e. The summed E-state index contributed by atoms with van der Waals surface area (Å²) in [5.41, 5.74) is 0. The largest absolute Gasteiger partial charge is 0.465 e. The number of aryl methyl sites for hydroxylation is 1. The maximum Gasteiger partial charge on any atom is 0.422 e. The third-order valence-electron chi connectivity index (χ3n) is 4.25. The molecule has 2 aromatic rings. The molecule has 0 unspecified atom stereocenters. The molecule has 27 heavy (non-hydrogen) atoms. The summed E-state index contributed by atoms with van der Waals surface area (Å²) in [6, 6.07) is 3.27. The Morgan fingerprint density at radius 2 is 1.96 bits per heavy atom. The average molecular weight is 385 g/mol. The van der Waals surface area contributed by atoms with E-state index in [9.17, 15) is 13.2 Å². The summed E-state index contributed by atoms with van der Waals surface area (Å²) >= 11 is 0. The molecule has 148 valence electrons. The van der Waals surface area contributed by atoms with E-state index in [2.05, 4.69) is 27.2 Å². The molecule has 2 aromatic heterocycles. The van der Waals surface area contributed by atoms with E-state index in [4.69, 9.17) is 9.15 Å². The number of nitrogens with one attached hydrogen (secondary N) is 1. The van der Waals surface area contributed by atoms with Gasteiger partial charge in [0.2, 0.25) is 11.9 Å². The number of anilines is 2. The van der Waals surface area contributed by atoms with Crippen LogP contribution in [-0.2, 0) is 6.54 Å². The van der Waals surface area contributed by atoms with E-state index in [-0.39, 0.29) is 12.0 Å². The Balaban J connectivity index is 1.76. The van der Waals surface area contributed by atoms with Gasteiger partial charge < -0.3 is 19.4 Å². The number of alkyl halides is 3. The molecule has 0 saturated carbocycles. The second-order valence-corrected chi connectivity index (χ2v) is 6.68. The maximum atomic E-state index is 12.5. The third kappa shape index (κ3) is 5.73. The Morgan fingerprint density at radius 1 is 1.22 bits per heavy atom. The molecule has 3 heterocycles. The molecule has 1 aliphatic heterocycles. The van der Waals surface area contributed by atoms with Crippen LogP contribution in [0.15, 0.2) is 16.5 Å². The highest BCUT2D eigenvalue weighted by atomic mass is 19.4. The summed E-state index contributed by atoms with van der Waals surface area (Å²) in [5.74, 6) is 2.49. The fraction of sp³-hybridized carbons (Fsp3) is 0.588. The minimum Gasteiger partial charge on any atom is -0.465 e. The summed E-state index contributed by atoms with van der Waals surface area (Å²) in [4.78, 5) is 14.3. The summed E-state index contributed by atoms with van der Waals surface area (Å²) in [6.45, 7) is 4.31. The first-order chi connectivity index (χ1) is 12.8. The molecule has 0 bridgehead atoms. The van der Waals surface area contributed by atoms with Crippen LogP contribution in [0.3, 0.4) is 0 Å². The quantitative estimate of drug-likeness (QED) is 0.815. The highest BCUT2D eigenvalue weighted by Gasteiger charge is 2.29. The first-order valence-electron chi connectivity index (χ1n) is 8.78. The van der Waals surface area contributed by atoms with Gasteiger partial charge in [-0.1, -0.05) is 6.92 Å². The van der Waals surface area contributed by atoms with Gasteiger partial charge in [-0.15, -0.1) is 0 Å². The summed E-state index contributed by atoms with van der Waals surface area (Å²) in [7, 11) is 0. The van der Waals surface area contributed by atoms with Crippen molar-refractivity contribution in [2.75, 3.05) is 29.9 Å². The van der Waals surface area contributed by atoms with Crippen LogP contribution in [0.5, 0.6) is 6.01 Å². The van der Waals surface area contributed by atoms with Gasteiger partial charge in [-0.3, -0.25) is 0 Å². The number of nitrogens with zero attached hydrogens (tertiary/aromatic N) is 4. The van der Waals surface area contributed by atoms with Crippen molar-refractivity contribution in [3.8, 4) is 6.01 Å². The number of halogens is 3. The lowest BCUT2D eigenvalue weighted by Gasteiger charge is -2.30. The summed E-state index contributed by atoms with van der Waals surface area (Å²) in [6.07, 6.45) is -2.52. The van der Waals surface area contributed by atoms with Crippen molar-refractivity contribution in [2.45, 2.75) is 39.4 Å². The summed E-state index contributed by atoms with van der Waals surface area (Å²) < 4.78 is 47.6. The predicted molar refractivity (Wildman–Crippen MR) is 92.8 cm³/mol. The molecular weight excluding hydrogens is 363 g/mol. The van der Waals surface area contributed by atoms with Crippen molar-refractivity contribution >= 4 is 11.9 Å². The Morgan fingerprint density at radius 3 is 2.59 bits per heavy atom. The molecule has 3 rings (SSSR count). The van der Waals surface area contributed by atoms with Gasteiger partial charge in [0.1, 0.15) is 11.5 Å². The topological polar surface area (TPSA) is 76.3 Å². The van der Waals surface area contributed by atoms with Crippen molar-refractivity contribution in [1.29, 1.82) is 0 Å². The van der Waals surface area contributed by atoms with Crippen LogP contribution >= 0.6 is 0 Å². The number of hydrogen-bond donors (Lipinski definition) is 1. The van der Waals surface area contributed by atoms with E-state index < -0.39 is 12.8 Å². The van der Waals surface area contributed by atoms with E-state index in [0.717, 1.165) is 31.7 Å². The number of furan rings is 1. The zero-order chi connectivity index (χ0) is 19.4. The maximum absolute atomic E-state index is 12.5. The normalized spacial score (nSPS) is 15.8. The molecule has 0 atom stereocenters. The highest BCUT2D eigenvalue weighted by Crippen LogP contribution is 2.23. The number of aromatic nitrogens is 3. The van der Waals surface area contributed by atoms with Gasteiger partial charge >= 0.3 is 12.2 Å².